The fraction of sp³-hybridized carbons (Fsp3) is 0.208. The van der Waals surface area contributed by atoms with Gasteiger partial charge in [0.05, 0.1) is 16.8 Å². The number of pyridine rings is 1. The molecule has 0 saturated heterocycles. The molecule has 0 atom stereocenters. The number of nitrogens with zero attached hydrogens (tertiary/aromatic N) is 3. The van der Waals surface area contributed by atoms with E-state index in [1.165, 1.54) is 16.9 Å². The number of anilines is 1. The predicted octanol–water partition coefficient (Wildman–Crippen LogP) is 5.39. The van der Waals surface area contributed by atoms with E-state index in [1.54, 1.807) is 35.5 Å². The van der Waals surface area contributed by atoms with Gasteiger partial charge in [0, 0.05) is 18.0 Å². The molecule has 0 spiro atoms. The number of hydrogen-bond donors (Lipinski definition) is 0. The Morgan fingerprint density at radius 1 is 1.13 bits per heavy atom. The van der Waals surface area contributed by atoms with Crippen LogP contribution >= 0.6 is 11.3 Å². The monoisotopic (exact) mass is 431 g/mol. The molecular formula is C24H21N3O3S. The maximum absolute atomic E-state index is 13.6. The summed E-state index contributed by atoms with van der Waals surface area (Å²) in [5.74, 6) is 1.43. The lowest BCUT2D eigenvalue weighted by atomic mass is 10.0. The van der Waals surface area contributed by atoms with E-state index in [-0.39, 0.29) is 12.7 Å². The van der Waals surface area contributed by atoms with Crippen LogP contribution in [0.4, 0.5) is 5.13 Å². The van der Waals surface area contributed by atoms with E-state index < -0.39 is 0 Å². The number of carbonyl (C=O) groups excluding carboxylic acids is 1. The molecule has 3 heterocycles. The molecule has 7 heteroatoms. The van der Waals surface area contributed by atoms with Crippen molar-refractivity contribution in [1.82, 2.24) is 9.97 Å². The van der Waals surface area contributed by atoms with Gasteiger partial charge in [0.25, 0.3) is 5.91 Å². The molecule has 156 valence electrons. The fourth-order valence-corrected chi connectivity index (χ4v) is 4.62. The first-order valence-electron chi connectivity index (χ1n) is 10.1. The number of aromatic nitrogens is 2. The molecule has 5 rings (SSSR count). The van der Waals surface area contributed by atoms with Gasteiger partial charge in [0.2, 0.25) is 6.79 Å². The number of amides is 1. The number of fused-ring (bicyclic) bond motifs is 2. The Balaban J connectivity index is 1.58. The molecule has 1 aliphatic rings. The van der Waals surface area contributed by atoms with Crippen molar-refractivity contribution in [3.8, 4) is 11.5 Å². The van der Waals surface area contributed by atoms with Gasteiger partial charge in [-0.15, -0.1) is 0 Å². The molecule has 0 aliphatic carbocycles. The van der Waals surface area contributed by atoms with Crippen molar-refractivity contribution in [2.45, 2.75) is 26.3 Å². The van der Waals surface area contributed by atoms with Gasteiger partial charge in [-0.1, -0.05) is 43.4 Å². The van der Waals surface area contributed by atoms with Crippen molar-refractivity contribution < 1.29 is 14.3 Å². The number of para-hydroxylation sites is 1. The zero-order valence-electron chi connectivity index (χ0n) is 17.2. The summed E-state index contributed by atoms with van der Waals surface area (Å²) in [6.45, 7) is 4.85. The summed E-state index contributed by atoms with van der Waals surface area (Å²) in [6.07, 6.45) is 3.49. The molecule has 4 aromatic rings. The Hall–Kier alpha value is -3.45. The molecule has 2 aromatic heterocycles. The van der Waals surface area contributed by atoms with Crippen LogP contribution in [0.25, 0.3) is 10.2 Å². The number of benzene rings is 2. The average molecular weight is 432 g/mol. The Morgan fingerprint density at radius 2 is 2.00 bits per heavy atom. The van der Waals surface area contributed by atoms with Gasteiger partial charge in [0.1, 0.15) is 0 Å². The quantitative estimate of drug-likeness (QED) is 0.424. The Labute approximate surface area is 184 Å². The minimum atomic E-state index is -0.146. The minimum absolute atomic E-state index is 0.146. The lowest BCUT2D eigenvalue weighted by molar-refractivity contribution is 0.0984. The Kier molecular flexibility index (Phi) is 5.03. The number of carbonyl (C=O) groups is 1. The van der Waals surface area contributed by atoms with E-state index >= 15 is 0 Å². The topological polar surface area (TPSA) is 64.6 Å². The summed E-state index contributed by atoms with van der Waals surface area (Å²) in [5.41, 5.74) is 3.58. The number of thiazole rings is 1. The van der Waals surface area contributed by atoms with Crippen LogP contribution in [0, 0.1) is 0 Å². The van der Waals surface area contributed by atoms with Gasteiger partial charge in [0.15, 0.2) is 16.6 Å². The molecule has 2 aromatic carbocycles. The van der Waals surface area contributed by atoms with Crippen LogP contribution in [0.5, 0.6) is 11.5 Å². The highest BCUT2D eigenvalue weighted by atomic mass is 32.1. The zero-order chi connectivity index (χ0) is 21.4. The van der Waals surface area contributed by atoms with Crippen LogP contribution in [0.3, 0.4) is 0 Å². The van der Waals surface area contributed by atoms with E-state index in [4.69, 9.17) is 14.5 Å². The Morgan fingerprint density at radius 3 is 2.81 bits per heavy atom. The van der Waals surface area contributed by atoms with E-state index in [2.05, 4.69) is 31.0 Å². The average Bonchev–Trinajstić information content (AvgIpc) is 3.43. The second kappa shape index (κ2) is 8.00. The van der Waals surface area contributed by atoms with Gasteiger partial charge in [-0.05, 0) is 47.4 Å². The lowest BCUT2D eigenvalue weighted by Gasteiger charge is -2.20. The first-order chi connectivity index (χ1) is 15.1. The van der Waals surface area contributed by atoms with Gasteiger partial charge in [-0.2, -0.15) is 0 Å². The standard InChI is InChI=1S/C24H21N3O3S/c1-15(2)18-6-3-7-21-22(18)26-24(31-21)27(13-16-5-4-10-25-12-16)23(28)17-8-9-19-20(11-17)30-14-29-19/h3-12,15H,13-14H2,1-2H3. The first kappa shape index (κ1) is 19.5. The predicted molar refractivity (Wildman–Crippen MR) is 121 cm³/mol. The fourth-order valence-electron chi connectivity index (χ4n) is 3.63. The van der Waals surface area contributed by atoms with Gasteiger partial charge < -0.3 is 9.47 Å². The van der Waals surface area contributed by atoms with Crippen LogP contribution in [-0.4, -0.2) is 22.7 Å². The van der Waals surface area contributed by atoms with Crippen LogP contribution in [0.2, 0.25) is 0 Å². The van der Waals surface area contributed by atoms with Crippen molar-refractivity contribution in [2.75, 3.05) is 11.7 Å². The van der Waals surface area contributed by atoms with Crippen molar-refractivity contribution >= 4 is 32.6 Å². The van der Waals surface area contributed by atoms with Crippen LogP contribution in [0.15, 0.2) is 60.9 Å². The summed E-state index contributed by atoms with van der Waals surface area (Å²) in [6, 6.07) is 15.3. The minimum Gasteiger partial charge on any atom is -0.454 e. The molecule has 0 saturated carbocycles. The van der Waals surface area contributed by atoms with E-state index in [9.17, 15) is 4.79 Å². The highest BCUT2D eigenvalue weighted by Crippen LogP contribution is 2.36. The molecule has 31 heavy (non-hydrogen) atoms. The normalized spacial score (nSPS) is 12.5. The van der Waals surface area contributed by atoms with E-state index in [0.717, 1.165) is 15.8 Å². The largest absolute Gasteiger partial charge is 0.454 e. The third kappa shape index (κ3) is 3.72. The summed E-state index contributed by atoms with van der Waals surface area (Å²) >= 11 is 1.52. The molecule has 0 fully saturated rings. The summed E-state index contributed by atoms with van der Waals surface area (Å²) in [7, 11) is 0. The number of hydrogen-bond acceptors (Lipinski definition) is 6. The summed E-state index contributed by atoms with van der Waals surface area (Å²) in [4.78, 5) is 24.4. The molecule has 0 bridgehead atoms. The smallest absolute Gasteiger partial charge is 0.260 e. The lowest BCUT2D eigenvalue weighted by Crippen LogP contribution is -2.30. The van der Waals surface area contributed by atoms with Crippen molar-refractivity contribution in [1.29, 1.82) is 0 Å². The van der Waals surface area contributed by atoms with E-state index in [1.807, 2.05) is 18.2 Å². The molecule has 6 nitrogen and oxygen atoms in total. The molecule has 0 unspecified atom stereocenters. The zero-order valence-corrected chi connectivity index (χ0v) is 18.1. The van der Waals surface area contributed by atoms with E-state index in [0.29, 0.717) is 34.7 Å². The molecule has 1 aliphatic heterocycles. The SMILES string of the molecule is CC(C)c1cccc2sc(N(Cc3cccnc3)C(=O)c3ccc4c(c3)OCO4)nc12. The van der Waals surface area contributed by atoms with Crippen molar-refractivity contribution in [3.63, 3.8) is 0 Å². The second-order valence-electron chi connectivity index (χ2n) is 7.67. The maximum Gasteiger partial charge on any atom is 0.260 e. The van der Waals surface area contributed by atoms with Crippen molar-refractivity contribution in [3.05, 3.63) is 77.6 Å². The van der Waals surface area contributed by atoms with Crippen LogP contribution in [0.1, 0.15) is 41.3 Å². The maximum atomic E-state index is 13.6. The first-order valence-corrected chi connectivity index (χ1v) is 10.9. The third-order valence-electron chi connectivity index (χ3n) is 5.22. The third-order valence-corrected chi connectivity index (χ3v) is 6.26. The second-order valence-corrected chi connectivity index (χ2v) is 8.67. The summed E-state index contributed by atoms with van der Waals surface area (Å²) in [5, 5.41) is 0.662. The highest BCUT2D eigenvalue weighted by Gasteiger charge is 2.25. The van der Waals surface area contributed by atoms with Crippen LogP contribution < -0.4 is 14.4 Å². The summed E-state index contributed by atoms with van der Waals surface area (Å²) < 4.78 is 11.9. The molecule has 0 radical (unpaired) electrons. The number of ether oxygens (including phenoxy) is 2. The van der Waals surface area contributed by atoms with Crippen LogP contribution in [-0.2, 0) is 6.54 Å². The van der Waals surface area contributed by atoms with Gasteiger partial charge >= 0.3 is 0 Å². The molecular weight excluding hydrogens is 410 g/mol. The molecule has 0 N–H and O–H groups in total. The number of rotatable bonds is 5. The highest BCUT2D eigenvalue weighted by molar-refractivity contribution is 7.22. The van der Waals surface area contributed by atoms with Gasteiger partial charge in [-0.25, -0.2) is 4.98 Å². The van der Waals surface area contributed by atoms with Gasteiger partial charge in [-0.3, -0.25) is 14.7 Å². The Bertz CT molecular complexity index is 1250. The molecule has 1 amide bonds. The van der Waals surface area contributed by atoms with Crippen molar-refractivity contribution in [2.24, 2.45) is 0 Å².